The molecule has 0 spiro atoms. The fourth-order valence-corrected chi connectivity index (χ4v) is 8.96. The van der Waals surface area contributed by atoms with Crippen LogP contribution in [0.3, 0.4) is 0 Å². The highest BCUT2D eigenvalue weighted by Crippen LogP contribution is 2.47. The van der Waals surface area contributed by atoms with Crippen LogP contribution in [0.4, 0.5) is 19.0 Å². The first-order valence-corrected chi connectivity index (χ1v) is 18.2. The minimum absolute atomic E-state index is 0.0588. The van der Waals surface area contributed by atoms with Crippen LogP contribution in [0.5, 0.6) is 11.8 Å². The Morgan fingerprint density at radius 3 is 2.78 bits per heavy atom. The summed E-state index contributed by atoms with van der Waals surface area (Å²) in [5, 5.41) is 11.5. The van der Waals surface area contributed by atoms with Crippen LogP contribution in [-0.4, -0.2) is 88.4 Å². The highest BCUT2D eigenvalue weighted by atomic mass is 31.2. The number of ether oxygens (including phenoxy) is 1. The van der Waals surface area contributed by atoms with E-state index in [1.54, 1.807) is 13.3 Å². The molecule has 3 aliphatic heterocycles. The van der Waals surface area contributed by atoms with Crippen molar-refractivity contribution in [2.45, 2.75) is 49.5 Å². The number of hydrogen-bond donors (Lipinski definition) is 1. The van der Waals surface area contributed by atoms with Gasteiger partial charge in [0, 0.05) is 48.9 Å². The molecule has 3 saturated heterocycles. The number of nitrogens with zero attached hydrogens (tertiary/aromatic N) is 5. The largest absolute Gasteiger partial charge is 0.508 e. The van der Waals surface area contributed by atoms with Crippen LogP contribution in [0, 0.1) is 24.0 Å². The number of phenolic OH excluding ortho intramolecular Hbond substituents is 1. The monoisotopic (exact) mass is 649 g/mol. The van der Waals surface area contributed by atoms with Gasteiger partial charge in [-0.15, -0.1) is 6.42 Å². The van der Waals surface area contributed by atoms with E-state index in [0.717, 1.165) is 32.2 Å². The number of piperidine rings is 1. The molecular formula is C34H35F3N5O3P. The van der Waals surface area contributed by atoms with Gasteiger partial charge in [-0.05, 0) is 69.1 Å². The molecule has 0 saturated carbocycles. The summed E-state index contributed by atoms with van der Waals surface area (Å²) in [5.41, 5.74) is -0.745. The second-order valence-corrected chi connectivity index (χ2v) is 16.8. The molecule has 0 aliphatic carbocycles. The zero-order valence-corrected chi connectivity index (χ0v) is 26.7. The van der Waals surface area contributed by atoms with E-state index >= 15 is 4.39 Å². The number of halogens is 3. The van der Waals surface area contributed by atoms with Gasteiger partial charge in [-0.3, -0.25) is 9.88 Å². The van der Waals surface area contributed by atoms with Gasteiger partial charge >= 0.3 is 6.01 Å². The van der Waals surface area contributed by atoms with E-state index in [2.05, 4.69) is 20.8 Å². The van der Waals surface area contributed by atoms with Crippen LogP contribution in [0.2, 0.25) is 0 Å². The number of fused-ring (bicyclic) bond motifs is 3. The number of terminal acetylenes is 1. The van der Waals surface area contributed by atoms with E-state index in [1.807, 2.05) is 4.90 Å². The van der Waals surface area contributed by atoms with Gasteiger partial charge in [0.05, 0.1) is 23.6 Å². The van der Waals surface area contributed by atoms with E-state index in [9.17, 15) is 18.5 Å². The first-order valence-electron chi connectivity index (χ1n) is 15.6. The van der Waals surface area contributed by atoms with Crippen molar-refractivity contribution < 1.29 is 27.6 Å². The third kappa shape index (κ3) is 5.26. The molecule has 12 heteroatoms. The van der Waals surface area contributed by atoms with Gasteiger partial charge in [-0.25, -0.2) is 13.2 Å². The molecule has 46 heavy (non-hydrogen) atoms. The average molecular weight is 650 g/mol. The lowest BCUT2D eigenvalue weighted by Gasteiger charge is -2.36. The summed E-state index contributed by atoms with van der Waals surface area (Å²) in [6, 6.07) is 5.33. The van der Waals surface area contributed by atoms with Gasteiger partial charge < -0.3 is 19.3 Å². The molecule has 7 rings (SSSR count). The Hall–Kier alpha value is -3.87. The molecule has 0 bridgehead atoms. The van der Waals surface area contributed by atoms with Crippen LogP contribution >= 0.6 is 7.14 Å². The molecule has 0 amide bonds. The smallest absolute Gasteiger partial charge is 0.319 e. The molecule has 2 aromatic carbocycles. The Bertz CT molecular complexity index is 1960. The second kappa shape index (κ2) is 11.4. The lowest BCUT2D eigenvalue weighted by Crippen LogP contribution is -2.43. The number of hydrogen-bond acceptors (Lipinski definition) is 8. The number of anilines is 1. The maximum absolute atomic E-state index is 16.8. The minimum atomic E-state index is -2.43. The van der Waals surface area contributed by atoms with Crippen LogP contribution in [0.1, 0.15) is 37.7 Å². The summed E-state index contributed by atoms with van der Waals surface area (Å²) in [6.45, 7) is 5.93. The summed E-state index contributed by atoms with van der Waals surface area (Å²) in [4.78, 5) is 17.8. The number of aromatic hydroxyl groups is 1. The lowest BCUT2D eigenvalue weighted by molar-refractivity contribution is 0.107. The SMILES string of the molecule is C#Cc1c(F)ccc2cc(O)cc(-c3ncc4c(N5CCCC(P(C)(C)=O)C5)nc(OCC56CCCN5CC(F)C6)nc4c3F)c12. The molecule has 240 valence electrons. The van der Waals surface area contributed by atoms with Crippen molar-refractivity contribution in [3.8, 4) is 35.4 Å². The standard InChI is InChI=1S/C34H35F3N5O3P/c1-4-24-27(36)9-8-20-13-22(43)14-25(28(20)24)30-29(37)31-26(16-38-30)32(41-11-5-7-23(18-41)46(2,3)44)40-33(39-31)45-19-34-10-6-12-42(34)17-21(35)15-34/h1,8-9,13-14,16,21,23,43H,5-7,10-12,15,17-19H2,2-3H3. The van der Waals surface area contributed by atoms with E-state index in [0.29, 0.717) is 42.6 Å². The van der Waals surface area contributed by atoms with Crippen molar-refractivity contribution >= 4 is 34.6 Å². The molecule has 8 nitrogen and oxygen atoms in total. The maximum atomic E-state index is 16.8. The molecule has 5 heterocycles. The number of rotatable bonds is 6. The molecule has 1 N–H and O–H groups in total. The highest BCUT2D eigenvalue weighted by molar-refractivity contribution is 7.63. The first kappa shape index (κ1) is 30.8. The van der Waals surface area contributed by atoms with Gasteiger partial charge in [0.2, 0.25) is 0 Å². The van der Waals surface area contributed by atoms with Gasteiger partial charge in [0.1, 0.15) is 41.4 Å². The summed E-state index contributed by atoms with van der Waals surface area (Å²) in [6.07, 6.45) is 9.84. The van der Waals surface area contributed by atoms with Gasteiger partial charge in [-0.1, -0.05) is 12.0 Å². The Labute approximate surface area is 265 Å². The van der Waals surface area contributed by atoms with E-state index in [-0.39, 0.29) is 51.7 Å². The van der Waals surface area contributed by atoms with Gasteiger partial charge in [-0.2, -0.15) is 9.97 Å². The number of pyridine rings is 1. The summed E-state index contributed by atoms with van der Waals surface area (Å²) < 4.78 is 65.4. The van der Waals surface area contributed by atoms with Crippen molar-refractivity contribution in [1.29, 1.82) is 0 Å². The number of phenols is 1. The minimum Gasteiger partial charge on any atom is -0.508 e. The lowest BCUT2D eigenvalue weighted by atomic mass is 9.95. The maximum Gasteiger partial charge on any atom is 0.319 e. The predicted octanol–water partition coefficient (Wildman–Crippen LogP) is 6.36. The van der Waals surface area contributed by atoms with Crippen LogP contribution in [0.15, 0.2) is 30.5 Å². The topological polar surface area (TPSA) is 91.7 Å². The zero-order valence-electron chi connectivity index (χ0n) is 25.8. The van der Waals surface area contributed by atoms with Crippen molar-refractivity contribution in [2.75, 3.05) is 51.0 Å². The highest BCUT2D eigenvalue weighted by Gasteiger charge is 2.49. The number of aromatic nitrogens is 3. The summed E-state index contributed by atoms with van der Waals surface area (Å²) in [7, 11) is -2.43. The Kier molecular flexibility index (Phi) is 7.64. The van der Waals surface area contributed by atoms with Crippen LogP contribution in [-0.2, 0) is 4.57 Å². The number of alkyl halides is 1. The van der Waals surface area contributed by atoms with E-state index in [1.165, 1.54) is 30.5 Å². The van der Waals surface area contributed by atoms with Gasteiger partial charge in [0.25, 0.3) is 0 Å². The average Bonchev–Trinajstić information content (AvgIpc) is 3.55. The molecule has 3 atom stereocenters. The molecule has 3 fully saturated rings. The predicted molar refractivity (Wildman–Crippen MR) is 173 cm³/mol. The fourth-order valence-electron chi connectivity index (χ4n) is 7.57. The van der Waals surface area contributed by atoms with Crippen LogP contribution < -0.4 is 9.64 Å². The third-order valence-electron chi connectivity index (χ3n) is 9.90. The van der Waals surface area contributed by atoms with Crippen molar-refractivity contribution in [2.24, 2.45) is 0 Å². The zero-order chi connectivity index (χ0) is 32.4. The Morgan fingerprint density at radius 2 is 2.00 bits per heavy atom. The third-order valence-corrected chi connectivity index (χ3v) is 12.1. The normalized spacial score (nSPS) is 23.6. The van der Waals surface area contributed by atoms with E-state index in [4.69, 9.17) is 16.1 Å². The molecule has 3 unspecified atom stereocenters. The van der Waals surface area contributed by atoms with Crippen molar-refractivity contribution in [1.82, 2.24) is 19.9 Å². The van der Waals surface area contributed by atoms with Crippen LogP contribution in [0.25, 0.3) is 32.9 Å². The van der Waals surface area contributed by atoms with Crippen molar-refractivity contribution in [3.63, 3.8) is 0 Å². The van der Waals surface area contributed by atoms with E-state index < -0.39 is 30.5 Å². The van der Waals surface area contributed by atoms with Crippen molar-refractivity contribution in [3.05, 3.63) is 47.7 Å². The first-order chi connectivity index (χ1) is 22.0. The summed E-state index contributed by atoms with van der Waals surface area (Å²) >= 11 is 0. The molecule has 0 radical (unpaired) electrons. The molecular weight excluding hydrogens is 614 g/mol. The molecule has 3 aliphatic rings. The Morgan fingerprint density at radius 1 is 1.17 bits per heavy atom. The quantitative estimate of drug-likeness (QED) is 0.191. The van der Waals surface area contributed by atoms with Gasteiger partial charge in [0.15, 0.2) is 5.82 Å². The second-order valence-electron chi connectivity index (χ2n) is 13.2. The summed E-state index contributed by atoms with van der Waals surface area (Å²) in [5.74, 6) is 1.11. The Balaban J connectivity index is 1.38. The molecule has 4 aromatic rings. The fraction of sp³-hybridized carbons (Fsp3) is 0.441. The molecule has 2 aromatic heterocycles. The number of benzene rings is 2.